The lowest BCUT2D eigenvalue weighted by atomic mass is 10.1. The third kappa shape index (κ3) is 7.74. The van der Waals surface area contributed by atoms with Crippen LogP contribution in [0.4, 0.5) is 16.0 Å². The molecule has 0 aliphatic carbocycles. The first-order chi connectivity index (χ1) is 18.0. The predicted octanol–water partition coefficient (Wildman–Crippen LogP) is 5.52. The molecule has 0 saturated heterocycles. The first-order valence-corrected chi connectivity index (χ1v) is 12.9. The van der Waals surface area contributed by atoms with Crippen molar-refractivity contribution in [1.29, 1.82) is 0 Å². The fourth-order valence-electron chi connectivity index (χ4n) is 4.22. The van der Waals surface area contributed by atoms with Crippen LogP contribution in [0.5, 0.6) is 11.5 Å². The first kappa shape index (κ1) is 26.6. The summed E-state index contributed by atoms with van der Waals surface area (Å²) < 4.78 is 26.3. The van der Waals surface area contributed by atoms with Crippen molar-refractivity contribution < 1.29 is 13.9 Å². The maximum Gasteiger partial charge on any atom is 0.227 e. The van der Waals surface area contributed by atoms with Gasteiger partial charge in [0.1, 0.15) is 23.9 Å². The van der Waals surface area contributed by atoms with Crippen LogP contribution in [0, 0.1) is 5.82 Å². The fraction of sp³-hybridized carbons (Fsp3) is 0.379. The molecule has 1 aromatic heterocycles. The Hall–Kier alpha value is -3.49. The summed E-state index contributed by atoms with van der Waals surface area (Å²) in [6, 6.07) is 12.5. The molecule has 1 N–H and O–H groups in total. The van der Waals surface area contributed by atoms with Crippen LogP contribution in [0.3, 0.4) is 0 Å². The molecule has 0 saturated carbocycles. The number of nitrogens with one attached hydrogen (secondary N) is 1. The van der Waals surface area contributed by atoms with Crippen molar-refractivity contribution in [1.82, 2.24) is 19.8 Å². The second kappa shape index (κ2) is 13.2. The fourth-order valence-corrected chi connectivity index (χ4v) is 4.22. The smallest absolute Gasteiger partial charge is 0.227 e. The monoisotopic (exact) mass is 505 g/mol. The molecule has 1 aliphatic rings. The average Bonchev–Trinajstić information content (AvgIpc) is 2.89. The van der Waals surface area contributed by atoms with E-state index in [1.165, 1.54) is 12.1 Å². The summed E-state index contributed by atoms with van der Waals surface area (Å²) in [5, 5.41) is 3.30. The third-order valence-electron chi connectivity index (χ3n) is 6.28. The maximum atomic E-state index is 14.3. The molecule has 1 aliphatic heterocycles. The van der Waals surface area contributed by atoms with Crippen molar-refractivity contribution >= 4 is 11.6 Å². The molecule has 3 aromatic rings. The van der Waals surface area contributed by atoms with Crippen molar-refractivity contribution in [2.24, 2.45) is 0 Å². The Bertz CT molecular complexity index is 1200. The van der Waals surface area contributed by atoms with E-state index in [1.54, 1.807) is 18.3 Å². The molecule has 0 fully saturated rings. The Morgan fingerprint density at radius 3 is 2.81 bits per heavy atom. The number of rotatable bonds is 6. The lowest BCUT2D eigenvalue weighted by Crippen LogP contribution is -2.28. The lowest BCUT2D eigenvalue weighted by molar-refractivity contribution is 0.220. The number of fused-ring (bicyclic) bond motifs is 7. The number of aromatic nitrogens is 2. The van der Waals surface area contributed by atoms with Crippen LogP contribution in [-0.4, -0.2) is 66.2 Å². The van der Waals surface area contributed by atoms with Gasteiger partial charge in [-0.05, 0) is 63.0 Å². The number of likely N-dealkylation sites (N-methyl/N-ethyl adjacent to an activating group) is 2. The highest BCUT2D eigenvalue weighted by Crippen LogP contribution is 2.28. The minimum Gasteiger partial charge on any atom is -0.493 e. The highest BCUT2D eigenvalue weighted by Gasteiger charge is 2.12. The van der Waals surface area contributed by atoms with Crippen LogP contribution >= 0.6 is 0 Å². The van der Waals surface area contributed by atoms with E-state index in [4.69, 9.17) is 9.47 Å². The molecular formula is C29H36FN5O2. The van der Waals surface area contributed by atoms with Gasteiger partial charge in [0.15, 0.2) is 0 Å². The molecule has 6 bridgehead atoms. The highest BCUT2D eigenvalue weighted by atomic mass is 19.1. The van der Waals surface area contributed by atoms with E-state index in [0.29, 0.717) is 36.2 Å². The van der Waals surface area contributed by atoms with Crippen LogP contribution in [0.1, 0.15) is 25.8 Å². The van der Waals surface area contributed by atoms with Gasteiger partial charge >= 0.3 is 0 Å². The quantitative estimate of drug-likeness (QED) is 0.443. The molecule has 37 heavy (non-hydrogen) atoms. The molecule has 2 heterocycles. The van der Waals surface area contributed by atoms with Gasteiger partial charge in [-0.25, -0.2) is 14.4 Å². The van der Waals surface area contributed by atoms with Crippen molar-refractivity contribution in [2.45, 2.75) is 26.8 Å². The summed E-state index contributed by atoms with van der Waals surface area (Å²) in [4.78, 5) is 13.6. The van der Waals surface area contributed by atoms with Gasteiger partial charge < -0.3 is 19.7 Å². The summed E-state index contributed by atoms with van der Waals surface area (Å²) in [5.41, 5.74) is 3.18. The summed E-state index contributed by atoms with van der Waals surface area (Å²) >= 11 is 0. The zero-order chi connectivity index (χ0) is 26.0. The normalized spacial score (nSPS) is 15.3. The molecule has 8 heteroatoms. The summed E-state index contributed by atoms with van der Waals surface area (Å²) in [5.74, 6) is 1.42. The predicted molar refractivity (Wildman–Crippen MR) is 146 cm³/mol. The molecule has 0 spiro atoms. The Labute approximate surface area is 218 Å². The topological polar surface area (TPSA) is 62.8 Å². The van der Waals surface area contributed by atoms with Gasteiger partial charge in [-0.3, -0.25) is 4.90 Å². The number of anilines is 2. The van der Waals surface area contributed by atoms with Crippen molar-refractivity contribution in [3.05, 3.63) is 72.2 Å². The Kier molecular flexibility index (Phi) is 9.46. The number of ether oxygens (including phenoxy) is 2. The van der Waals surface area contributed by atoms with Crippen LogP contribution in [0.25, 0.3) is 11.3 Å². The van der Waals surface area contributed by atoms with Crippen LogP contribution in [0.15, 0.2) is 60.8 Å². The van der Waals surface area contributed by atoms with E-state index < -0.39 is 0 Å². The van der Waals surface area contributed by atoms with Crippen molar-refractivity contribution in [3.8, 4) is 22.8 Å². The molecule has 0 unspecified atom stereocenters. The van der Waals surface area contributed by atoms with Gasteiger partial charge in [0.2, 0.25) is 5.95 Å². The van der Waals surface area contributed by atoms with Gasteiger partial charge in [-0.15, -0.1) is 0 Å². The molecule has 0 amide bonds. The molecule has 0 atom stereocenters. The number of halogens is 1. The zero-order valence-corrected chi connectivity index (χ0v) is 21.9. The Balaban J connectivity index is 1.62. The summed E-state index contributed by atoms with van der Waals surface area (Å²) in [6.07, 6.45) is 6.62. The second-order valence-electron chi connectivity index (χ2n) is 9.07. The van der Waals surface area contributed by atoms with E-state index in [-0.39, 0.29) is 5.82 Å². The van der Waals surface area contributed by atoms with Crippen LogP contribution in [-0.2, 0) is 6.54 Å². The minimum atomic E-state index is -0.367. The molecule has 7 nitrogen and oxygen atoms in total. The standard InChI is InChI=1S/C29H36FN5O2/c1-4-35(5-2)14-16-37-28-10-9-25-18-23(28)21-34(3)13-7-6-8-15-36-26-19-22(17-24(30)20-26)27-11-12-31-29(32-25)33-27/h6-7,9-12,17-20H,4-5,8,13-16,21H2,1-3H3,(H,31,32,33)/b7-6+. The molecular weight excluding hydrogens is 469 g/mol. The van der Waals surface area contributed by atoms with E-state index in [0.717, 1.165) is 56.1 Å². The van der Waals surface area contributed by atoms with E-state index in [1.807, 2.05) is 12.1 Å². The molecule has 196 valence electrons. The first-order valence-electron chi connectivity index (χ1n) is 12.9. The van der Waals surface area contributed by atoms with Crippen LogP contribution < -0.4 is 14.8 Å². The average molecular weight is 506 g/mol. The van der Waals surface area contributed by atoms with E-state index in [9.17, 15) is 4.39 Å². The second-order valence-corrected chi connectivity index (χ2v) is 9.07. The number of hydrogen-bond acceptors (Lipinski definition) is 7. The molecule has 4 rings (SSSR count). The van der Waals surface area contributed by atoms with Gasteiger partial charge in [-0.1, -0.05) is 26.0 Å². The van der Waals surface area contributed by atoms with E-state index >= 15 is 0 Å². The summed E-state index contributed by atoms with van der Waals surface area (Å²) in [6.45, 7) is 9.83. The lowest BCUT2D eigenvalue weighted by Gasteiger charge is -2.21. The Morgan fingerprint density at radius 1 is 1.11 bits per heavy atom. The summed E-state index contributed by atoms with van der Waals surface area (Å²) in [7, 11) is 2.08. The van der Waals surface area contributed by atoms with Gasteiger partial charge in [0.05, 0.1) is 12.3 Å². The highest BCUT2D eigenvalue weighted by molar-refractivity contribution is 5.64. The van der Waals surface area contributed by atoms with Gasteiger partial charge in [-0.2, -0.15) is 0 Å². The Morgan fingerprint density at radius 2 is 1.97 bits per heavy atom. The largest absolute Gasteiger partial charge is 0.493 e. The number of benzene rings is 2. The number of hydrogen-bond donors (Lipinski definition) is 1. The van der Waals surface area contributed by atoms with Crippen LogP contribution in [0.2, 0.25) is 0 Å². The van der Waals surface area contributed by atoms with Gasteiger partial charge in [0.25, 0.3) is 0 Å². The molecule has 2 aromatic carbocycles. The SMILES string of the molecule is CCN(CC)CCOc1ccc2cc1CN(C)C/C=C/CCOc1cc(F)cc(c1)-c1ccnc(n1)N2. The zero-order valence-electron chi connectivity index (χ0n) is 21.9. The van der Waals surface area contributed by atoms with Crippen molar-refractivity contribution in [3.63, 3.8) is 0 Å². The number of nitrogens with zero attached hydrogens (tertiary/aromatic N) is 4. The molecule has 0 radical (unpaired) electrons. The van der Waals surface area contributed by atoms with Crippen molar-refractivity contribution in [2.75, 3.05) is 51.8 Å². The maximum absolute atomic E-state index is 14.3. The third-order valence-corrected chi connectivity index (χ3v) is 6.28. The van der Waals surface area contributed by atoms with E-state index in [2.05, 4.69) is 64.2 Å². The van der Waals surface area contributed by atoms with Gasteiger partial charge in [0, 0.05) is 48.7 Å². The minimum absolute atomic E-state index is 0.367.